The Morgan fingerprint density at radius 2 is 1.83 bits per heavy atom. The smallest absolute Gasteiger partial charge is 0.307 e. The second-order valence-electron chi connectivity index (χ2n) is 3.85. The lowest BCUT2D eigenvalue weighted by molar-refractivity contribution is -0.136. The first-order valence-electron chi connectivity index (χ1n) is 5.33. The molecule has 1 N–H and O–H groups in total. The van der Waals surface area contributed by atoms with Gasteiger partial charge in [0.15, 0.2) is 0 Å². The van der Waals surface area contributed by atoms with Crippen LogP contribution in [-0.2, 0) is 11.2 Å². The summed E-state index contributed by atoms with van der Waals surface area (Å²) in [4.78, 5) is 10.7. The third kappa shape index (κ3) is 2.53. The van der Waals surface area contributed by atoms with Crippen molar-refractivity contribution in [2.75, 3.05) is 0 Å². The Balaban J connectivity index is 2.56. The summed E-state index contributed by atoms with van der Waals surface area (Å²) in [6.07, 6.45) is -0.432. The van der Waals surface area contributed by atoms with Crippen LogP contribution in [-0.4, -0.2) is 11.1 Å². The molecule has 0 aliphatic rings. The first kappa shape index (κ1) is 12.2. The van der Waals surface area contributed by atoms with E-state index in [1.165, 1.54) is 30.3 Å². The highest BCUT2D eigenvalue weighted by Crippen LogP contribution is 2.26. The molecule has 0 unspecified atom stereocenters. The topological polar surface area (TPSA) is 37.3 Å². The minimum Gasteiger partial charge on any atom is -0.481 e. The maximum atomic E-state index is 13.6. The van der Waals surface area contributed by atoms with E-state index in [0.29, 0.717) is 11.1 Å². The van der Waals surface area contributed by atoms with Crippen molar-refractivity contribution in [3.8, 4) is 11.1 Å². The number of carbonyl (C=O) groups is 1. The molecule has 0 aromatic heterocycles. The monoisotopic (exact) mass is 248 g/mol. The molecule has 0 aliphatic heterocycles. The Labute approximate surface area is 103 Å². The highest BCUT2D eigenvalue weighted by atomic mass is 19.1. The summed E-state index contributed by atoms with van der Waals surface area (Å²) in [6, 6.07) is 9.89. The van der Waals surface area contributed by atoms with Crippen molar-refractivity contribution in [2.45, 2.75) is 6.42 Å². The van der Waals surface area contributed by atoms with Gasteiger partial charge in [0.2, 0.25) is 0 Å². The minimum absolute atomic E-state index is 0.0654. The van der Waals surface area contributed by atoms with E-state index in [1.807, 2.05) is 0 Å². The molecule has 2 rings (SSSR count). The molecule has 0 bridgehead atoms. The van der Waals surface area contributed by atoms with Crippen molar-refractivity contribution < 1.29 is 18.7 Å². The van der Waals surface area contributed by atoms with Crippen LogP contribution in [0.15, 0.2) is 42.5 Å². The van der Waals surface area contributed by atoms with Crippen LogP contribution in [0.3, 0.4) is 0 Å². The molecule has 0 fully saturated rings. The van der Waals surface area contributed by atoms with E-state index < -0.39 is 24.0 Å². The molecular weight excluding hydrogens is 238 g/mol. The SMILES string of the molecule is O=C(O)Cc1c(F)cccc1-c1cccc(F)c1. The summed E-state index contributed by atoms with van der Waals surface area (Å²) < 4.78 is 26.8. The van der Waals surface area contributed by atoms with Gasteiger partial charge < -0.3 is 5.11 Å². The number of benzene rings is 2. The van der Waals surface area contributed by atoms with E-state index in [-0.39, 0.29) is 5.56 Å². The summed E-state index contributed by atoms with van der Waals surface area (Å²) in [7, 11) is 0. The molecule has 0 saturated carbocycles. The summed E-state index contributed by atoms with van der Waals surface area (Å²) >= 11 is 0. The van der Waals surface area contributed by atoms with Gasteiger partial charge in [0.25, 0.3) is 0 Å². The molecule has 0 spiro atoms. The molecule has 2 nitrogen and oxygen atoms in total. The van der Waals surface area contributed by atoms with Crippen molar-refractivity contribution >= 4 is 5.97 Å². The zero-order valence-electron chi connectivity index (χ0n) is 9.36. The van der Waals surface area contributed by atoms with Crippen molar-refractivity contribution in [1.82, 2.24) is 0 Å². The van der Waals surface area contributed by atoms with Crippen LogP contribution in [0.25, 0.3) is 11.1 Å². The fourth-order valence-electron chi connectivity index (χ4n) is 1.82. The zero-order chi connectivity index (χ0) is 13.1. The van der Waals surface area contributed by atoms with Gasteiger partial charge in [0, 0.05) is 5.56 Å². The predicted octanol–water partition coefficient (Wildman–Crippen LogP) is 3.26. The number of carboxylic acids is 1. The van der Waals surface area contributed by atoms with Gasteiger partial charge in [-0.1, -0.05) is 24.3 Å². The maximum Gasteiger partial charge on any atom is 0.307 e. The average molecular weight is 248 g/mol. The van der Waals surface area contributed by atoms with E-state index in [4.69, 9.17) is 5.11 Å². The van der Waals surface area contributed by atoms with E-state index in [0.717, 1.165) is 0 Å². The second-order valence-corrected chi connectivity index (χ2v) is 3.85. The molecule has 0 radical (unpaired) electrons. The molecule has 92 valence electrons. The molecule has 4 heteroatoms. The lowest BCUT2D eigenvalue weighted by Crippen LogP contribution is -2.04. The lowest BCUT2D eigenvalue weighted by atomic mass is 9.97. The molecule has 0 saturated heterocycles. The van der Waals surface area contributed by atoms with E-state index in [2.05, 4.69) is 0 Å². The first-order valence-corrected chi connectivity index (χ1v) is 5.33. The molecule has 0 amide bonds. The number of aliphatic carboxylic acids is 1. The van der Waals surface area contributed by atoms with E-state index in [9.17, 15) is 13.6 Å². The number of rotatable bonds is 3. The standard InChI is InChI=1S/C14H10F2O2/c15-10-4-1-3-9(7-10)11-5-2-6-13(16)12(11)8-14(17)18/h1-7H,8H2,(H,17,18). The van der Waals surface area contributed by atoms with Gasteiger partial charge in [0.1, 0.15) is 11.6 Å². The normalized spacial score (nSPS) is 10.3. The quantitative estimate of drug-likeness (QED) is 0.905. The number of hydrogen-bond acceptors (Lipinski definition) is 1. The second kappa shape index (κ2) is 4.96. The number of hydrogen-bond donors (Lipinski definition) is 1. The summed E-state index contributed by atoms with van der Waals surface area (Å²) in [5, 5.41) is 8.78. The lowest BCUT2D eigenvalue weighted by Gasteiger charge is -2.09. The molecule has 18 heavy (non-hydrogen) atoms. The fourth-order valence-corrected chi connectivity index (χ4v) is 1.82. The van der Waals surface area contributed by atoms with Crippen molar-refractivity contribution in [3.63, 3.8) is 0 Å². The third-order valence-electron chi connectivity index (χ3n) is 2.58. The molecule has 2 aromatic rings. The van der Waals surface area contributed by atoms with Crippen LogP contribution in [0.1, 0.15) is 5.56 Å². The summed E-state index contributed by atoms with van der Waals surface area (Å²) in [5.74, 6) is -2.17. The molecular formula is C14H10F2O2. The van der Waals surface area contributed by atoms with Crippen LogP contribution in [0.4, 0.5) is 8.78 Å². The van der Waals surface area contributed by atoms with Gasteiger partial charge in [-0.2, -0.15) is 0 Å². The van der Waals surface area contributed by atoms with E-state index in [1.54, 1.807) is 12.1 Å². The Hall–Kier alpha value is -2.23. The van der Waals surface area contributed by atoms with Crippen LogP contribution in [0.5, 0.6) is 0 Å². The Bertz CT molecular complexity index is 594. The van der Waals surface area contributed by atoms with Crippen LogP contribution >= 0.6 is 0 Å². The van der Waals surface area contributed by atoms with Gasteiger partial charge >= 0.3 is 5.97 Å². The number of halogens is 2. The van der Waals surface area contributed by atoms with Crippen molar-refractivity contribution in [1.29, 1.82) is 0 Å². The van der Waals surface area contributed by atoms with Gasteiger partial charge in [-0.05, 0) is 29.3 Å². The summed E-state index contributed by atoms with van der Waals surface area (Å²) in [5.41, 5.74) is 0.929. The van der Waals surface area contributed by atoms with Crippen LogP contribution in [0.2, 0.25) is 0 Å². The largest absolute Gasteiger partial charge is 0.481 e. The minimum atomic E-state index is -1.13. The maximum absolute atomic E-state index is 13.6. The van der Waals surface area contributed by atoms with Crippen molar-refractivity contribution in [3.05, 3.63) is 59.7 Å². The highest BCUT2D eigenvalue weighted by Gasteiger charge is 2.13. The molecule has 0 atom stereocenters. The van der Waals surface area contributed by atoms with Gasteiger partial charge in [-0.15, -0.1) is 0 Å². The molecule has 2 aromatic carbocycles. The van der Waals surface area contributed by atoms with Gasteiger partial charge in [-0.3, -0.25) is 4.79 Å². The Kier molecular flexibility index (Phi) is 3.37. The average Bonchev–Trinajstić information content (AvgIpc) is 2.31. The van der Waals surface area contributed by atoms with E-state index >= 15 is 0 Å². The Morgan fingerprint density at radius 1 is 1.11 bits per heavy atom. The fraction of sp³-hybridized carbons (Fsp3) is 0.0714. The van der Waals surface area contributed by atoms with Crippen molar-refractivity contribution in [2.24, 2.45) is 0 Å². The van der Waals surface area contributed by atoms with Gasteiger partial charge in [-0.25, -0.2) is 8.78 Å². The van der Waals surface area contributed by atoms with Crippen LogP contribution in [0, 0.1) is 11.6 Å². The zero-order valence-corrected chi connectivity index (χ0v) is 9.36. The highest BCUT2D eigenvalue weighted by molar-refractivity contribution is 5.76. The first-order chi connectivity index (χ1) is 8.58. The summed E-state index contributed by atoms with van der Waals surface area (Å²) in [6.45, 7) is 0. The van der Waals surface area contributed by atoms with Crippen LogP contribution < -0.4 is 0 Å². The predicted molar refractivity (Wildman–Crippen MR) is 63.1 cm³/mol. The Morgan fingerprint density at radius 3 is 2.50 bits per heavy atom. The molecule has 0 aliphatic carbocycles. The molecule has 0 heterocycles. The number of carboxylic acid groups (broad SMARTS) is 1. The third-order valence-corrected chi connectivity index (χ3v) is 2.58. The van der Waals surface area contributed by atoms with Gasteiger partial charge in [0.05, 0.1) is 6.42 Å².